The number of benzene rings is 2. The largest absolute Gasteiger partial charge is 0.417 e. The van der Waals surface area contributed by atoms with E-state index in [4.69, 9.17) is 11.1 Å². The minimum Gasteiger partial charge on any atom is -0.384 e. The molecule has 0 saturated carbocycles. The monoisotopic (exact) mass is 310 g/mol. The van der Waals surface area contributed by atoms with Gasteiger partial charge < -0.3 is 5.73 Å². The van der Waals surface area contributed by atoms with E-state index in [1.165, 1.54) is 17.8 Å². The Morgan fingerprint density at radius 1 is 1.14 bits per heavy atom. The molecule has 2 nitrogen and oxygen atoms in total. The van der Waals surface area contributed by atoms with Crippen molar-refractivity contribution in [2.45, 2.75) is 22.9 Å². The van der Waals surface area contributed by atoms with Crippen molar-refractivity contribution in [2.75, 3.05) is 0 Å². The Morgan fingerprint density at radius 3 is 2.38 bits per heavy atom. The van der Waals surface area contributed by atoms with Crippen molar-refractivity contribution in [1.82, 2.24) is 0 Å². The molecule has 0 amide bonds. The van der Waals surface area contributed by atoms with Crippen molar-refractivity contribution in [3.05, 3.63) is 59.2 Å². The Balaban J connectivity index is 2.43. The summed E-state index contributed by atoms with van der Waals surface area (Å²) in [4.78, 5) is 1.35. The van der Waals surface area contributed by atoms with Crippen molar-refractivity contribution in [1.29, 1.82) is 5.41 Å². The minimum atomic E-state index is -4.54. The van der Waals surface area contributed by atoms with Crippen LogP contribution in [0.1, 0.15) is 16.7 Å². The smallest absolute Gasteiger partial charge is 0.384 e. The van der Waals surface area contributed by atoms with Crippen LogP contribution in [0.3, 0.4) is 0 Å². The number of aryl methyl sites for hydroxylation is 1. The molecule has 0 saturated heterocycles. The number of alkyl halides is 3. The van der Waals surface area contributed by atoms with Crippen LogP contribution in [0.15, 0.2) is 52.3 Å². The third-order valence-electron chi connectivity index (χ3n) is 2.91. The molecule has 0 radical (unpaired) electrons. The Kier molecular flexibility index (Phi) is 4.27. The summed E-state index contributed by atoms with van der Waals surface area (Å²) in [5.41, 5.74) is 5.03. The highest BCUT2D eigenvalue weighted by atomic mass is 32.2. The van der Waals surface area contributed by atoms with E-state index in [9.17, 15) is 13.2 Å². The molecule has 21 heavy (non-hydrogen) atoms. The number of halogens is 3. The van der Waals surface area contributed by atoms with Crippen LogP contribution >= 0.6 is 11.8 Å². The van der Waals surface area contributed by atoms with Crippen molar-refractivity contribution in [2.24, 2.45) is 5.73 Å². The fourth-order valence-corrected chi connectivity index (χ4v) is 2.80. The van der Waals surface area contributed by atoms with Gasteiger partial charge in [0.2, 0.25) is 0 Å². The van der Waals surface area contributed by atoms with Crippen LogP contribution in [-0.4, -0.2) is 5.84 Å². The van der Waals surface area contributed by atoms with Gasteiger partial charge in [0.1, 0.15) is 5.84 Å². The van der Waals surface area contributed by atoms with E-state index in [0.29, 0.717) is 4.90 Å². The molecule has 0 aromatic heterocycles. The van der Waals surface area contributed by atoms with Crippen LogP contribution in [0.25, 0.3) is 0 Å². The zero-order valence-corrected chi connectivity index (χ0v) is 12.0. The first-order valence-electron chi connectivity index (χ1n) is 6.08. The van der Waals surface area contributed by atoms with Crippen LogP contribution in [0.5, 0.6) is 0 Å². The number of rotatable bonds is 3. The molecule has 0 atom stereocenters. The lowest BCUT2D eigenvalue weighted by Crippen LogP contribution is -2.18. The fraction of sp³-hybridized carbons (Fsp3) is 0.133. The molecule has 0 aliphatic carbocycles. The topological polar surface area (TPSA) is 49.9 Å². The first kappa shape index (κ1) is 15.4. The first-order valence-corrected chi connectivity index (χ1v) is 6.90. The molecule has 0 aliphatic heterocycles. The predicted octanol–water partition coefficient (Wildman–Crippen LogP) is 4.45. The average Bonchev–Trinajstić information content (AvgIpc) is 2.40. The molecule has 0 fully saturated rings. The van der Waals surface area contributed by atoms with Gasteiger partial charge in [0.15, 0.2) is 0 Å². The summed E-state index contributed by atoms with van der Waals surface area (Å²) in [6.07, 6.45) is -4.54. The van der Waals surface area contributed by atoms with Gasteiger partial charge in [0, 0.05) is 15.4 Å². The Hall–Kier alpha value is -1.95. The van der Waals surface area contributed by atoms with Crippen molar-refractivity contribution in [3.8, 4) is 0 Å². The molecule has 0 bridgehead atoms. The van der Waals surface area contributed by atoms with Gasteiger partial charge in [0.05, 0.1) is 5.56 Å². The number of nitrogen functional groups attached to an aromatic ring is 1. The van der Waals surface area contributed by atoms with Crippen LogP contribution in [0, 0.1) is 12.3 Å². The number of amidine groups is 1. The lowest BCUT2D eigenvalue weighted by Gasteiger charge is -2.14. The Labute approximate surface area is 124 Å². The average molecular weight is 310 g/mol. The summed E-state index contributed by atoms with van der Waals surface area (Å²) in [5, 5.41) is 7.25. The maximum Gasteiger partial charge on any atom is 0.417 e. The minimum absolute atomic E-state index is 0.295. The van der Waals surface area contributed by atoms with Gasteiger partial charge in [-0.25, -0.2) is 0 Å². The molecule has 0 aliphatic rings. The summed E-state index contributed by atoms with van der Waals surface area (Å²) in [7, 11) is 0. The van der Waals surface area contributed by atoms with Crippen LogP contribution < -0.4 is 5.73 Å². The van der Waals surface area contributed by atoms with E-state index < -0.39 is 17.6 Å². The van der Waals surface area contributed by atoms with E-state index in [0.717, 1.165) is 16.5 Å². The highest BCUT2D eigenvalue weighted by Gasteiger charge is 2.34. The normalized spacial score (nSPS) is 11.4. The van der Waals surface area contributed by atoms with Gasteiger partial charge in [-0.3, -0.25) is 5.41 Å². The van der Waals surface area contributed by atoms with Gasteiger partial charge in [-0.05, 0) is 36.8 Å². The second-order valence-corrected chi connectivity index (χ2v) is 5.60. The van der Waals surface area contributed by atoms with Crippen molar-refractivity contribution >= 4 is 17.6 Å². The van der Waals surface area contributed by atoms with E-state index in [2.05, 4.69) is 0 Å². The zero-order valence-electron chi connectivity index (χ0n) is 11.2. The third-order valence-corrected chi connectivity index (χ3v) is 4.08. The van der Waals surface area contributed by atoms with Crippen LogP contribution in [0.4, 0.5) is 13.2 Å². The van der Waals surface area contributed by atoms with Crippen LogP contribution in [0.2, 0.25) is 0 Å². The highest BCUT2D eigenvalue weighted by molar-refractivity contribution is 7.99. The van der Waals surface area contributed by atoms with Crippen LogP contribution in [-0.2, 0) is 6.18 Å². The molecule has 6 heteroatoms. The zero-order chi connectivity index (χ0) is 15.6. The molecule has 0 heterocycles. The lowest BCUT2D eigenvalue weighted by atomic mass is 10.1. The maximum absolute atomic E-state index is 13.0. The van der Waals surface area contributed by atoms with Gasteiger partial charge >= 0.3 is 6.18 Å². The van der Waals surface area contributed by atoms with Gasteiger partial charge in [-0.2, -0.15) is 13.2 Å². The lowest BCUT2D eigenvalue weighted by molar-refractivity contribution is -0.137. The standard InChI is InChI=1S/C15H13F3N2S/c1-9-4-2-3-5-13(9)21-10-6-7-11(14(19)20)12(8-10)15(16,17)18/h2-8H,1H3,(H3,19,20). The highest BCUT2D eigenvalue weighted by Crippen LogP contribution is 2.37. The van der Waals surface area contributed by atoms with E-state index >= 15 is 0 Å². The number of hydrogen-bond donors (Lipinski definition) is 2. The number of nitrogens with two attached hydrogens (primary N) is 1. The van der Waals surface area contributed by atoms with Crippen molar-refractivity contribution in [3.63, 3.8) is 0 Å². The summed E-state index contributed by atoms with van der Waals surface area (Å²) in [6.45, 7) is 1.90. The summed E-state index contributed by atoms with van der Waals surface area (Å²) >= 11 is 1.25. The molecule has 2 aromatic carbocycles. The first-order chi connectivity index (χ1) is 9.79. The SMILES string of the molecule is Cc1ccccc1Sc1ccc(C(=N)N)c(C(F)(F)F)c1. The van der Waals surface area contributed by atoms with Crippen molar-refractivity contribution < 1.29 is 13.2 Å². The molecular formula is C15H13F3N2S. The predicted molar refractivity (Wildman–Crippen MR) is 77.8 cm³/mol. The quantitative estimate of drug-likeness (QED) is 0.650. The molecule has 2 rings (SSSR count). The third kappa shape index (κ3) is 3.58. The molecule has 0 spiro atoms. The number of nitrogens with one attached hydrogen (secondary N) is 1. The van der Waals surface area contributed by atoms with E-state index in [-0.39, 0.29) is 5.56 Å². The van der Waals surface area contributed by atoms with Gasteiger partial charge in [-0.1, -0.05) is 30.0 Å². The molecule has 2 aromatic rings. The fourth-order valence-electron chi connectivity index (χ4n) is 1.85. The maximum atomic E-state index is 13.0. The summed E-state index contributed by atoms with van der Waals surface area (Å²) in [6, 6.07) is 11.3. The van der Waals surface area contributed by atoms with E-state index in [1.54, 1.807) is 6.07 Å². The number of hydrogen-bond acceptors (Lipinski definition) is 2. The molecule has 110 valence electrons. The van der Waals surface area contributed by atoms with E-state index in [1.807, 2.05) is 31.2 Å². The molecule has 3 N–H and O–H groups in total. The second kappa shape index (κ2) is 5.81. The van der Waals surface area contributed by atoms with Gasteiger partial charge in [-0.15, -0.1) is 0 Å². The molecular weight excluding hydrogens is 297 g/mol. The molecule has 0 unspecified atom stereocenters. The van der Waals surface area contributed by atoms with Gasteiger partial charge in [0.25, 0.3) is 0 Å². The summed E-state index contributed by atoms with van der Waals surface area (Å²) in [5.74, 6) is -0.588. The Morgan fingerprint density at radius 2 is 1.81 bits per heavy atom. The summed E-state index contributed by atoms with van der Waals surface area (Å²) < 4.78 is 39.1. The Bertz CT molecular complexity index is 681. The second-order valence-electron chi connectivity index (χ2n) is 4.49.